The maximum Gasteiger partial charge on any atom is 0.323 e. The molecule has 0 fully saturated rings. The zero-order chi connectivity index (χ0) is 15.4. The lowest BCUT2D eigenvalue weighted by atomic mass is 10.3. The van der Waals surface area contributed by atoms with Crippen LogP contribution in [0, 0.1) is 5.82 Å². The number of halogens is 2. The topological polar surface area (TPSA) is 121 Å². The van der Waals surface area contributed by atoms with Crippen LogP contribution in [0.25, 0.3) is 10.9 Å². The molecule has 10 heteroatoms. The molecule has 0 aromatic carbocycles. The lowest BCUT2D eigenvalue weighted by molar-refractivity contribution is -0.183. The van der Waals surface area contributed by atoms with Gasteiger partial charge in [0.2, 0.25) is 0 Å². The Balaban J connectivity index is 2.49. The maximum atomic E-state index is 14.0. The Morgan fingerprint density at radius 3 is 2.81 bits per heavy atom. The van der Waals surface area contributed by atoms with Crippen LogP contribution in [-0.2, 0) is 0 Å². The van der Waals surface area contributed by atoms with Crippen LogP contribution in [0.5, 0.6) is 6.01 Å². The van der Waals surface area contributed by atoms with Gasteiger partial charge in [-0.25, -0.2) is 9.37 Å². The molecule has 4 N–H and O–H groups in total. The van der Waals surface area contributed by atoms with Crippen LogP contribution in [0.15, 0.2) is 6.20 Å². The monoisotopic (exact) mass is 318 g/mol. The number of rotatable bonds is 6. The second-order valence-corrected chi connectivity index (χ2v) is 4.29. The maximum absolute atomic E-state index is 14.0. The van der Waals surface area contributed by atoms with Crippen molar-refractivity contribution in [2.75, 3.05) is 18.5 Å². The lowest BCUT2D eigenvalue weighted by Crippen LogP contribution is -2.16. The zero-order valence-electron chi connectivity index (χ0n) is 10.6. The van der Waals surface area contributed by atoms with Crippen molar-refractivity contribution in [2.45, 2.75) is 12.9 Å². The highest BCUT2D eigenvalue weighted by atomic mass is 35.5. The van der Waals surface area contributed by atoms with Crippen LogP contribution in [0.1, 0.15) is 6.42 Å². The summed E-state index contributed by atoms with van der Waals surface area (Å²) in [6, 6.07) is -0.440. The van der Waals surface area contributed by atoms with Crippen molar-refractivity contribution in [3.05, 3.63) is 17.2 Å². The van der Waals surface area contributed by atoms with Gasteiger partial charge in [-0.2, -0.15) is 9.97 Å². The van der Waals surface area contributed by atoms with Crippen molar-refractivity contribution in [1.29, 1.82) is 0 Å². The van der Waals surface area contributed by atoms with Gasteiger partial charge in [0.05, 0.1) is 5.39 Å². The fourth-order valence-corrected chi connectivity index (χ4v) is 1.72. The quantitative estimate of drug-likeness (QED) is 0.340. The molecule has 21 heavy (non-hydrogen) atoms. The number of hydrogen-bond donors (Lipinski definition) is 4. The zero-order valence-corrected chi connectivity index (χ0v) is 11.4. The number of nitrogens with one attached hydrogen (secondary N) is 1. The van der Waals surface area contributed by atoms with Gasteiger partial charge in [0.25, 0.3) is 0 Å². The van der Waals surface area contributed by atoms with Gasteiger partial charge in [0.15, 0.2) is 11.0 Å². The summed E-state index contributed by atoms with van der Waals surface area (Å²) in [5.74, 6) is -0.703. The normalized spacial score (nSPS) is 11.1. The highest BCUT2D eigenvalue weighted by molar-refractivity contribution is 6.30. The minimum absolute atomic E-state index is 0.0346. The molecular formula is C11H12ClFN4O4. The van der Waals surface area contributed by atoms with Crippen molar-refractivity contribution < 1.29 is 24.4 Å². The summed E-state index contributed by atoms with van der Waals surface area (Å²) in [7, 11) is 0. The Morgan fingerprint density at radius 1 is 1.38 bits per heavy atom. The summed E-state index contributed by atoms with van der Waals surface area (Å²) >= 11 is 5.59. The van der Waals surface area contributed by atoms with Gasteiger partial charge < -0.3 is 25.4 Å². The summed E-state index contributed by atoms with van der Waals surface area (Å²) in [5, 5.41) is 29.0. The molecule has 2 aromatic heterocycles. The third kappa shape index (κ3) is 3.64. The molecule has 8 nitrogen and oxygen atoms in total. The minimum atomic E-state index is -2.15. The molecule has 0 saturated heterocycles. The second kappa shape index (κ2) is 6.76. The Kier molecular flexibility index (Phi) is 5.02. The molecule has 0 spiro atoms. The number of aromatic nitrogens is 3. The molecule has 114 valence electrons. The number of aliphatic hydroxyl groups excluding tert-OH is 2. The van der Waals surface area contributed by atoms with E-state index in [2.05, 4.69) is 25.0 Å². The molecule has 0 unspecified atom stereocenters. The van der Waals surface area contributed by atoms with E-state index in [0.29, 0.717) is 13.0 Å². The van der Waals surface area contributed by atoms with E-state index in [9.17, 15) is 4.39 Å². The molecule has 0 aliphatic heterocycles. The fourth-order valence-electron chi connectivity index (χ4n) is 1.58. The average molecular weight is 319 g/mol. The molecule has 0 bridgehead atoms. The molecule has 0 radical (unpaired) electrons. The summed E-state index contributed by atoms with van der Waals surface area (Å²) in [6.45, 7) is -1.82. The molecule has 0 aliphatic rings. The van der Waals surface area contributed by atoms with Crippen molar-refractivity contribution >= 4 is 28.3 Å². The van der Waals surface area contributed by atoms with Gasteiger partial charge in [-0.3, -0.25) is 0 Å². The van der Waals surface area contributed by atoms with Crippen molar-refractivity contribution in [2.24, 2.45) is 0 Å². The van der Waals surface area contributed by atoms with E-state index >= 15 is 0 Å². The summed E-state index contributed by atoms with van der Waals surface area (Å²) < 4.78 is 18.5. The van der Waals surface area contributed by atoms with Crippen LogP contribution in [0.2, 0.25) is 5.15 Å². The standard InChI is InChI=1S/C11H12ClFN4O4/c12-8-6(13)7-5(4-15-8)9(14-2-1-3-18)17-10(16-7)21-11(19)20/h4,11,18-20H,1-3H2,(H,14,16,17). The van der Waals surface area contributed by atoms with Gasteiger partial charge in [-0.05, 0) is 6.42 Å². The molecule has 2 aromatic rings. The fraction of sp³-hybridized carbons (Fsp3) is 0.364. The van der Waals surface area contributed by atoms with E-state index < -0.39 is 18.3 Å². The average Bonchev–Trinajstić information content (AvgIpc) is 2.43. The number of nitrogens with zero attached hydrogens (tertiary/aromatic N) is 3. The molecular weight excluding hydrogens is 307 g/mol. The number of fused-ring (bicyclic) bond motifs is 1. The first-order chi connectivity index (χ1) is 10.0. The van der Waals surface area contributed by atoms with Crippen LogP contribution in [-0.4, -0.2) is 49.9 Å². The summed E-state index contributed by atoms with van der Waals surface area (Å²) in [5.41, 5.74) is -0.174. The van der Waals surface area contributed by atoms with E-state index in [1.165, 1.54) is 6.20 Å². The first-order valence-electron chi connectivity index (χ1n) is 5.92. The number of aliphatic hydroxyl groups is 3. The number of pyridine rings is 1. The molecule has 0 atom stereocenters. The van der Waals surface area contributed by atoms with E-state index in [1.54, 1.807) is 0 Å². The van der Waals surface area contributed by atoms with E-state index in [0.717, 1.165) is 0 Å². The van der Waals surface area contributed by atoms with E-state index in [-0.39, 0.29) is 28.5 Å². The second-order valence-electron chi connectivity index (χ2n) is 3.93. The van der Waals surface area contributed by atoms with Crippen LogP contribution in [0.4, 0.5) is 10.2 Å². The SMILES string of the molecule is OCCCNc1nc(OC(O)O)nc2c(F)c(Cl)ncc12. The van der Waals surface area contributed by atoms with Gasteiger partial charge in [0, 0.05) is 19.3 Å². The van der Waals surface area contributed by atoms with Crippen LogP contribution < -0.4 is 10.1 Å². The lowest BCUT2D eigenvalue weighted by Gasteiger charge is -2.12. The number of hydrogen-bond acceptors (Lipinski definition) is 8. The molecule has 0 saturated carbocycles. The van der Waals surface area contributed by atoms with E-state index in [1.807, 2.05) is 0 Å². The van der Waals surface area contributed by atoms with Gasteiger partial charge >= 0.3 is 12.5 Å². The largest absolute Gasteiger partial charge is 0.408 e. The Labute approximate surface area is 123 Å². The highest BCUT2D eigenvalue weighted by Crippen LogP contribution is 2.27. The third-order valence-corrected chi connectivity index (χ3v) is 2.72. The van der Waals surface area contributed by atoms with Gasteiger partial charge in [-0.15, -0.1) is 0 Å². The number of anilines is 1. The molecule has 0 aliphatic carbocycles. The van der Waals surface area contributed by atoms with Crippen molar-refractivity contribution in [3.8, 4) is 6.01 Å². The van der Waals surface area contributed by atoms with Gasteiger partial charge in [-0.1, -0.05) is 11.6 Å². The Hall–Kier alpha value is -1.81. The molecule has 0 amide bonds. The summed E-state index contributed by atoms with van der Waals surface area (Å²) in [6.07, 6.45) is 1.72. The van der Waals surface area contributed by atoms with E-state index in [4.69, 9.17) is 26.9 Å². The Bertz CT molecular complexity index is 643. The Morgan fingerprint density at radius 2 is 2.14 bits per heavy atom. The smallest absolute Gasteiger partial charge is 0.323 e. The third-order valence-electron chi connectivity index (χ3n) is 2.46. The highest BCUT2D eigenvalue weighted by Gasteiger charge is 2.16. The first-order valence-corrected chi connectivity index (χ1v) is 6.30. The van der Waals surface area contributed by atoms with Gasteiger partial charge in [0.1, 0.15) is 11.3 Å². The number of ether oxygens (including phenoxy) is 1. The first kappa shape index (κ1) is 15.6. The van der Waals surface area contributed by atoms with Crippen molar-refractivity contribution in [3.63, 3.8) is 0 Å². The van der Waals surface area contributed by atoms with Crippen LogP contribution >= 0.6 is 11.6 Å². The molecule has 2 rings (SSSR count). The minimum Gasteiger partial charge on any atom is -0.408 e. The predicted molar refractivity (Wildman–Crippen MR) is 71.3 cm³/mol. The molecule has 2 heterocycles. The van der Waals surface area contributed by atoms with Crippen LogP contribution in [0.3, 0.4) is 0 Å². The predicted octanol–water partition coefficient (Wildman–Crippen LogP) is 0.259. The van der Waals surface area contributed by atoms with Crippen molar-refractivity contribution in [1.82, 2.24) is 15.0 Å². The summed E-state index contributed by atoms with van der Waals surface area (Å²) in [4.78, 5) is 11.3.